The standard InChI is InChI=1S/C29H27ClFN5O3/c1-18(38)25-14-35(27-9-19(5-8-24(25)27)21-11-33-17-34-12-21)15-28(39)36(22-6-7-22)23(16-37)13-32-10-20-3-2-4-26(30)29(20)31/h2-5,8-9,11-12,14,16-17,22-23,32H,6-7,10,13,15H2,1H3. The number of hydrogen-bond acceptors (Lipinski definition) is 6. The maximum absolute atomic E-state index is 14.3. The Labute approximate surface area is 229 Å². The number of aromatic nitrogens is 3. The van der Waals surface area contributed by atoms with E-state index in [-0.39, 0.29) is 42.4 Å². The number of carbonyl (C=O) groups is 3. The molecule has 1 aliphatic rings. The van der Waals surface area contributed by atoms with Crippen LogP contribution in [0.4, 0.5) is 4.39 Å². The number of hydrogen-bond donors (Lipinski definition) is 1. The molecule has 1 saturated carbocycles. The van der Waals surface area contributed by atoms with Crippen LogP contribution in [0.3, 0.4) is 0 Å². The number of Topliss-reactive ketones (excluding diaryl/α,β-unsaturated/α-hetero) is 1. The van der Waals surface area contributed by atoms with Crippen molar-refractivity contribution in [2.24, 2.45) is 0 Å². The van der Waals surface area contributed by atoms with Gasteiger partial charge in [-0.05, 0) is 37.5 Å². The summed E-state index contributed by atoms with van der Waals surface area (Å²) in [6.07, 6.45) is 8.91. The molecule has 10 heteroatoms. The summed E-state index contributed by atoms with van der Waals surface area (Å²) in [6.45, 7) is 1.79. The van der Waals surface area contributed by atoms with Gasteiger partial charge in [-0.2, -0.15) is 0 Å². The van der Waals surface area contributed by atoms with E-state index in [0.717, 1.165) is 41.2 Å². The fraction of sp³-hybridized carbons (Fsp3) is 0.276. The number of ketones is 1. The minimum absolute atomic E-state index is 0.0304. The highest BCUT2D eigenvalue weighted by Crippen LogP contribution is 2.31. The summed E-state index contributed by atoms with van der Waals surface area (Å²) >= 11 is 5.87. The molecule has 1 amide bonds. The SMILES string of the molecule is CC(=O)c1cn(CC(=O)N(C(C=O)CNCc2cccc(Cl)c2F)C2CC2)c2cc(-c3cncnc3)ccc12. The Hall–Kier alpha value is -3.95. The molecule has 2 aromatic heterocycles. The van der Waals surface area contributed by atoms with Gasteiger partial charge in [0.2, 0.25) is 5.91 Å². The Bertz CT molecular complexity index is 1540. The van der Waals surface area contributed by atoms with Gasteiger partial charge in [0.25, 0.3) is 0 Å². The lowest BCUT2D eigenvalue weighted by Gasteiger charge is -2.29. The summed E-state index contributed by atoms with van der Waals surface area (Å²) in [5.41, 5.74) is 3.29. The van der Waals surface area contributed by atoms with E-state index in [1.165, 1.54) is 19.3 Å². The second-order valence-electron chi connectivity index (χ2n) is 9.67. The minimum atomic E-state index is -0.724. The first kappa shape index (κ1) is 26.6. The largest absolute Gasteiger partial charge is 0.337 e. The highest BCUT2D eigenvalue weighted by molar-refractivity contribution is 6.30. The smallest absolute Gasteiger partial charge is 0.243 e. The molecular weight excluding hydrogens is 521 g/mol. The molecule has 8 nitrogen and oxygen atoms in total. The normalized spacial score (nSPS) is 13.8. The molecule has 0 aliphatic heterocycles. The number of nitrogens with one attached hydrogen (secondary N) is 1. The molecule has 4 aromatic rings. The number of aldehydes is 1. The van der Waals surface area contributed by atoms with Crippen molar-refractivity contribution in [1.29, 1.82) is 0 Å². The van der Waals surface area contributed by atoms with Gasteiger partial charge in [-0.15, -0.1) is 0 Å². The van der Waals surface area contributed by atoms with Crippen LogP contribution in [-0.4, -0.2) is 56.0 Å². The van der Waals surface area contributed by atoms with Gasteiger partial charge < -0.3 is 19.6 Å². The van der Waals surface area contributed by atoms with Crippen LogP contribution in [0, 0.1) is 5.82 Å². The number of halogens is 2. The molecular formula is C29H27ClFN5O3. The first-order chi connectivity index (χ1) is 18.9. The van der Waals surface area contributed by atoms with Crippen molar-refractivity contribution >= 4 is 40.5 Å². The van der Waals surface area contributed by atoms with E-state index in [1.807, 2.05) is 18.2 Å². The monoisotopic (exact) mass is 547 g/mol. The van der Waals surface area contributed by atoms with E-state index in [4.69, 9.17) is 11.6 Å². The summed E-state index contributed by atoms with van der Waals surface area (Å²) in [6, 6.07) is 9.66. The van der Waals surface area contributed by atoms with Gasteiger partial charge in [-0.1, -0.05) is 35.9 Å². The van der Waals surface area contributed by atoms with Gasteiger partial charge in [-0.25, -0.2) is 14.4 Å². The van der Waals surface area contributed by atoms with Gasteiger partial charge >= 0.3 is 0 Å². The summed E-state index contributed by atoms with van der Waals surface area (Å²) in [5.74, 6) is -0.846. The molecule has 0 saturated heterocycles. The van der Waals surface area contributed by atoms with E-state index in [0.29, 0.717) is 11.1 Å². The quantitative estimate of drug-likeness (QED) is 0.220. The Balaban J connectivity index is 1.38. The van der Waals surface area contributed by atoms with Gasteiger partial charge in [0.15, 0.2) is 5.78 Å². The van der Waals surface area contributed by atoms with E-state index in [1.54, 1.807) is 40.2 Å². The molecule has 5 rings (SSSR count). The van der Waals surface area contributed by atoms with Crippen molar-refractivity contribution in [3.05, 3.63) is 83.3 Å². The fourth-order valence-electron chi connectivity index (χ4n) is 4.82. The Morgan fingerprint density at radius 2 is 1.97 bits per heavy atom. The molecule has 0 bridgehead atoms. The number of carbonyl (C=O) groups excluding carboxylic acids is 3. The summed E-state index contributed by atoms with van der Waals surface area (Å²) < 4.78 is 16.0. The summed E-state index contributed by atoms with van der Waals surface area (Å²) in [5, 5.41) is 3.86. The van der Waals surface area contributed by atoms with E-state index in [2.05, 4.69) is 15.3 Å². The van der Waals surface area contributed by atoms with Crippen molar-refractivity contribution < 1.29 is 18.8 Å². The third-order valence-corrected chi connectivity index (χ3v) is 7.20. The zero-order chi connectivity index (χ0) is 27.5. The van der Waals surface area contributed by atoms with Crippen LogP contribution in [-0.2, 0) is 22.7 Å². The summed E-state index contributed by atoms with van der Waals surface area (Å²) in [4.78, 5) is 47.9. The molecule has 1 unspecified atom stereocenters. The lowest BCUT2D eigenvalue weighted by atomic mass is 10.0. The molecule has 200 valence electrons. The molecule has 0 spiro atoms. The molecule has 1 N–H and O–H groups in total. The van der Waals surface area contributed by atoms with Gasteiger partial charge in [0.05, 0.1) is 5.02 Å². The molecule has 0 radical (unpaired) electrons. The van der Waals surface area contributed by atoms with Crippen molar-refractivity contribution in [3.8, 4) is 11.1 Å². The molecule has 1 fully saturated rings. The molecule has 2 heterocycles. The van der Waals surface area contributed by atoms with Crippen LogP contribution in [0.15, 0.2) is 61.3 Å². The van der Waals surface area contributed by atoms with Gasteiger partial charge in [0.1, 0.15) is 31.0 Å². The van der Waals surface area contributed by atoms with Crippen molar-refractivity contribution in [2.45, 2.75) is 44.9 Å². The lowest BCUT2D eigenvalue weighted by molar-refractivity contribution is -0.137. The highest BCUT2D eigenvalue weighted by atomic mass is 35.5. The van der Waals surface area contributed by atoms with Crippen molar-refractivity contribution in [2.75, 3.05) is 6.54 Å². The Morgan fingerprint density at radius 1 is 1.21 bits per heavy atom. The molecule has 1 aliphatic carbocycles. The van der Waals surface area contributed by atoms with E-state index >= 15 is 0 Å². The first-order valence-corrected chi connectivity index (χ1v) is 13.0. The Morgan fingerprint density at radius 3 is 2.67 bits per heavy atom. The van der Waals surface area contributed by atoms with Crippen LogP contribution in [0.25, 0.3) is 22.0 Å². The van der Waals surface area contributed by atoms with Crippen LogP contribution >= 0.6 is 11.6 Å². The topological polar surface area (TPSA) is 97.2 Å². The third kappa shape index (κ3) is 5.74. The molecule has 2 aromatic carbocycles. The van der Waals surface area contributed by atoms with Crippen LogP contribution in [0.2, 0.25) is 5.02 Å². The average Bonchev–Trinajstić information content (AvgIpc) is 3.71. The van der Waals surface area contributed by atoms with Gasteiger partial charge in [0, 0.05) is 65.3 Å². The second kappa shape index (κ2) is 11.4. The lowest BCUT2D eigenvalue weighted by Crippen LogP contribution is -2.49. The van der Waals surface area contributed by atoms with Crippen molar-refractivity contribution in [3.63, 3.8) is 0 Å². The molecule has 39 heavy (non-hydrogen) atoms. The summed E-state index contributed by atoms with van der Waals surface area (Å²) in [7, 11) is 0. The van der Waals surface area contributed by atoms with Crippen LogP contribution in [0.5, 0.6) is 0 Å². The predicted octanol–water partition coefficient (Wildman–Crippen LogP) is 4.44. The van der Waals surface area contributed by atoms with Crippen LogP contribution in [0.1, 0.15) is 35.7 Å². The Kier molecular flexibility index (Phi) is 7.81. The second-order valence-corrected chi connectivity index (χ2v) is 10.1. The van der Waals surface area contributed by atoms with E-state index < -0.39 is 11.9 Å². The first-order valence-electron chi connectivity index (χ1n) is 12.7. The zero-order valence-electron chi connectivity index (χ0n) is 21.3. The third-order valence-electron chi connectivity index (χ3n) is 6.90. The minimum Gasteiger partial charge on any atom is -0.337 e. The number of benzene rings is 2. The predicted molar refractivity (Wildman–Crippen MR) is 146 cm³/mol. The number of nitrogens with zero attached hydrogens (tertiary/aromatic N) is 4. The number of amides is 1. The average molecular weight is 548 g/mol. The van der Waals surface area contributed by atoms with E-state index in [9.17, 15) is 18.8 Å². The number of fused-ring (bicyclic) bond motifs is 1. The van der Waals surface area contributed by atoms with Gasteiger partial charge in [-0.3, -0.25) is 9.59 Å². The maximum atomic E-state index is 14.3. The molecule has 1 atom stereocenters. The van der Waals surface area contributed by atoms with Crippen LogP contribution < -0.4 is 5.32 Å². The fourth-order valence-corrected chi connectivity index (χ4v) is 5.02. The maximum Gasteiger partial charge on any atom is 0.243 e. The zero-order valence-corrected chi connectivity index (χ0v) is 22.1. The van der Waals surface area contributed by atoms with Crippen molar-refractivity contribution in [1.82, 2.24) is 24.8 Å². The highest BCUT2D eigenvalue weighted by Gasteiger charge is 2.37. The number of rotatable bonds is 11.